The van der Waals surface area contributed by atoms with Gasteiger partial charge in [0.25, 0.3) is 0 Å². The van der Waals surface area contributed by atoms with E-state index < -0.39 is 0 Å². The summed E-state index contributed by atoms with van der Waals surface area (Å²) in [7, 11) is 0. The Kier molecular flexibility index (Phi) is 6.08. The fourth-order valence-electron chi connectivity index (χ4n) is 1.56. The standard InChI is InChI=1S/C11H22N2S/c1-10(14-2)7-9-13-11-6-4-3-5-8-12-11/h10H,3-9H2,1-2H3,(H,12,13). The van der Waals surface area contributed by atoms with Crippen molar-refractivity contribution in [1.29, 1.82) is 0 Å². The number of hydrogen-bond donors (Lipinski definition) is 1. The van der Waals surface area contributed by atoms with Crippen molar-refractivity contribution >= 4 is 17.6 Å². The summed E-state index contributed by atoms with van der Waals surface area (Å²) < 4.78 is 0. The zero-order valence-electron chi connectivity index (χ0n) is 9.38. The summed E-state index contributed by atoms with van der Waals surface area (Å²) in [6.07, 6.45) is 8.49. The van der Waals surface area contributed by atoms with E-state index in [-0.39, 0.29) is 0 Å². The quantitative estimate of drug-likeness (QED) is 0.778. The summed E-state index contributed by atoms with van der Waals surface area (Å²) in [6.45, 7) is 4.39. The van der Waals surface area contributed by atoms with Gasteiger partial charge in [-0.1, -0.05) is 13.3 Å². The third kappa shape index (κ3) is 4.89. The Morgan fingerprint density at radius 1 is 1.43 bits per heavy atom. The molecule has 0 saturated heterocycles. The van der Waals surface area contributed by atoms with E-state index >= 15 is 0 Å². The van der Waals surface area contributed by atoms with E-state index in [9.17, 15) is 0 Å². The maximum atomic E-state index is 4.54. The Balaban J connectivity index is 2.13. The highest BCUT2D eigenvalue weighted by Crippen LogP contribution is 2.09. The molecule has 0 saturated carbocycles. The minimum atomic E-state index is 0.758. The molecule has 1 rings (SSSR count). The van der Waals surface area contributed by atoms with Crippen LogP contribution >= 0.6 is 11.8 Å². The van der Waals surface area contributed by atoms with Crippen LogP contribution in [0.4, 0.5) is 0 Å². The number of aliphatic imine (C=N–C) groups is 1. The van der Waals surface area contributed by atoms with Gasteiger partial charge < -0.3 is 5.32 Å². The van der Waals surface area contributed by atoms with Crippen molar-refractivity contribution in [2.24, 2.45) is 4.99 Å². The van der Waals surface area contributed by atoms with Gasteiger partial charge in [0.15, 0.2) is 0 Å². The fourth-order valence-corrected chi connectivity index (χ4v) is 1.91. The zero-order valence-corrected chi connectivity index (χ0v) is 10.2. The lowest BCUT2D eigenvalue weighted by Crippen LogP contribution is -2.25. The highest BCUT2D eigenvalue weighted by atomic mass is 32.2. The molecule has 0 aromatic rings. The summed E-state index contributed by atoms with van der Waals surface area (Å²) in [5, 5.41) is 4.22. The first-order chi connectivity index (χ1) is 6.83. The van der Waals surface area contributed by atoms with Crippen LogP contribution in [0.3, 0.4) is 0 Å². The molecule has 0 bridgehead atoms. The van der Waals surface area contributed by atoms with Crippen LogP contribution in [0.15, 0.2) is 4.99 Å². The number of nitrogens with one attached hydrogen (secondary N) is 1. The normalized spacial score (nSPS) is 19.7. The second-order valence-electron chi connectivity index (χ2n) is 3.90. The molecule has 3 heteroatoms. The summed E-state index contributed by atoms with van der Waals surface area (Å²) >= 11 is 1.94. The fraction of sp³-hybridized carbons (Fsp3) is 0.909. The van der Waals surface area contributed by atoms with E-state index in [1.165, 1.54) is 31.5 Å². The van der Waals surface area contributed by atoms with Crippen molar-refractivity contribution in [1.82, 2.24) is 5.32 Å². The zero-order chi connectivity index (χ0) is 10.2. The first-order valence-corrected chi connectivity index (χ1v) is 6.91. The van der Waals surface area contributed by atoms with Crippen LogP contribution < -0.4 is 5.32 Å². The van der Waals surface area contributed by atoms with Gasteiger partial charge in [0.2, 0.25) is 0 Å². The first-order valence-electron chi connectivity index (χ1n) is 5.63. The van der Waals surface area contributed by atoms with Gasteiger partial charge in [-0.2, -0.15) is 11.8 Å². The van der Waals surface area contributed by atoms with E-state index in [2.05, 4.69) is 23.5 Å². The molecule has 1 N–H and O–H groups in total. The molecule has 1 unspecified atom stereocenters. The monoisotopic (exact) mass is 214 g/mol. The van der Waals surface area contributed by atoms with Crippen molar-refractivity contribution in [2.75, 3.05) is 19.3 Å². The summed E-state index contributed by atoms with van der Waals surface area (Å²) in [4.78, 5) is 4.54. The van der Waals surface area contributed by atoms with Gasteiger partial charge in [0.05, 0.1) is 5.84 Å². The molecule has 0 aromatic heterocycles. The molecule has 0 radical (unpaired) electrons. The van der Waals surface area contributed by atoms with Crippen LogP contribution in [0, 0.1) is 0 Å². The Morgan fingerprint density at radius 3 is 3.07 bits per heavy atom. The van der Waals surface area contributed by atoms with Crippen molar-refractivity contribution in [3.63, 3.8) is 0 Å². The number of thioether (sulfide) groups is 1. The molecule has 0 fully saturated rings. The third-order valence-corrected chi connectivity index (χ3v) is 3.70. The topological polar surface area (TPSA) is 24.4 Å². The Hall–Kier alpha value is -0.180. The van der Waals surface area contributed by atoms with Crippen molar-refractivity contribution in [3.8, 4) is 0 Å². The van der Waals surface area contributed by atoms with Crippen LogP contribution in [0.1, 0.15) is 39.0 Å². The van der Waals surface area contributed by atoms with Crippen LogP contribution in [0.25, 0.3) is 0 Å². The van der Waals surface area contributed by atoms with Gasteiger partial charge in [0.1, 0.15) is 0 Å². The van der Waals surface area contributed by atoms with Gasteiger partial charge in [-0.25, -0.2) is 0 Å². The minimum Gasteiger partial charge on any atom is -0.374 e. The molecule has 0 amide bonds. The van der Waals surface area contributed by atoms with Crippen molar-refractivity contribution in [2.45, 2.75) is 44.3 Å². The van der Waals surface area contributed by atoms with Crippen molar-refractivity contribution < 1.29 is 0 Å². The van der Waals surface area contributed by atoms with Gasteiger partial charge >= 0.3 is 0 Å². The van der Waals surface area contributed by atoms with Gasteiger partial charge in [-0.05, 0) is 25.5 Å². The minimum absolute atomic E-state index is 0.758. The second-order valence-corrected chi connectivity index (χ2v) is 5.18. The predicted octanol–water partition coefficient (Wildman–Crippen LogP) is 2.69. The number of rotatable bonds is 4. The molecule has 0 aliphatic carbocycles. The molecule has 0 spiro atoms. The first kappa shape index (κ1) is 11.9. The average Bonchev–Trinajstić information content (AvgIpc) is 2.46. The number of hydrogen-bond acceptors (Lipinski definition) is 3. The molecular weight excluding hydrogens is 192 g/mol. The van der Waals surface area contributed by atoms with E-state index in [1.807, 2.05) is 11.8 Å². The molecule has 1 atom stereocenters. The maximum absolute atomic E-state index is 4.54. The van der Waals surface area contributed by atoms with Gasteiger partial charge in [-0.15, -0.1) is 0 Å². The lowest BCUT2D eigenvalue weighted by Gasteiger charge is -2.11. The molecular formula is C11H22N2S. The average molecular weight is 214 g/mol. The SMILES string of the molecule is CSC(C)CCNC1=NCCCCC1. The lowest BCUT2D eigenvalue weighted by atomic mass is 10.2. The van der Waals surface area contributed by atoms with E-state index in [4.69, 9.17) is 0 Å². The van der Waals surface area contributed by atoms with Crippen LogP contribution in [-0.2, 0) is 0 Å². The summed E-state index contributed by atoms with van der Waals surface area (Å²) in [5.74, 6) is 1.25. The second kappa shape index (κ2) is 7.16. The molecule has 14 heavy (non-hydrogen) atoms. The van der Waals surface area contributed by atoms with Crippen molar-refractivity contribution in [3.05, 3.63) is 0 Å². The molecule has 0 aromatic carbocycles. The van der Waals surface area contributed by atoms with Crippen LogP contribution in [0.5, 0.6) is 0 Å². The summed E-state index contributed by atoms with van der Waals surface area (Å²) in [5.41, 5.74) is 0. The van der Waals surface area contributed by atoms with Gasteiger partial charge in [-0.3, -0.25) is 4.99 Å². The van der Waals surface area contributed by atoms with E-state index in [0.717, 1.165) is 24.8 Å². The molecule has 82 valence electrons. The lowest BCUT2D eigenvalue weighted by molar-refractivity contribution is 0.723. The van der Waals surface area contributed by atoms with E-state index in [0.29, 0.717) is 0 Å². The smallest absolute Gasteiger partial charge is 0.0963 e. The van der Waals surface area contributed by atoms with Crippen LogP contribution in [0.2, 0.25) is 0 Å². The maximum Gasteiger partial charge on any atom is 0.0963 e. The largest absolute Gasteiger partial charge is 0.374 e. The highest BCUT2D eigenvalue weighted by molar-refractivity contribution is 7.99. The highest BCUT2D eigenvalue weighted by Gasteiger charge is 2.04. The van der Waals surface area contributed by atoms with E-state index in [1.54, 1.807) is 0 Å². The third-order valence-electron chi connectivity index (χ3n) is 2.66. The Bertz CT molecular complexity index is 180. The Morgan fingerprint density at radius 2 is 2.29 bits per heavy atom. The summed E-state index contributed by atoms with van der Waals surface area (Å²) in [6, 6.07) is 0. The predicted molar refractivity (Wildman–Crippen MR) is 66.4 cm³/mol. The molecule has 1 aliphatic heterocycles. The number of amidine groups is 1. The van der Waals surface area contributed by atoms with Crippen LogP contribution in [-0.4, -0.2) is 30.4 Å². The molecule has 1 heterocycles. The Labute approximate surface area is 92.0 Å². The molecule has 1 aliphatic rings. The molecule has 2 nitrogen and oxygen atoms in total. The van der Waals surface area contributed by atoms with Gasteiger partial charge in [0, 0.05) is 24.8 Å². The number of nitrogens with zero attached hydrogens (tertiary/aromatic N) is 1.